The molecule has 0 saturated carbocycles. The molecule has 0 unspecified atom stereocenters. The van der Waals surface area contributed by atoms with Crippen LogP contribution < -0.4 is 16.4 Å². The first kappa shape index (κ1) is 13.9. The maximum Gasteiger partial charge on any atom is 0.221 e. The molecule has 4 N–H and O–H groups in total. The fourth-order valence-corrected chi connectivity index (χ4v) is 2.01. The van der Waals surface area contributed by atoms with Gasteiger partial charge in [0.15, 0.2) is 0 Å². The molecule has 0 fully saturated rings. The Morgan fingerprint density at radius 2 is 1.85 bits per heavy atom. The zero-order valence-electron chi connectivity index (χ0n) is 11.7. The summed E-state index contributed by atoms with van der Waals surface area (Å²) in [6.45, 7) is 4.18. The van der Waals surface area contributed by atoms with E-state index in [2.05, 4.69) is 22.8 Å². The van der Waals surface area contributed by atoms with Gasteiger partial charge in [0.25, 0.3) is 0 Å². The van der Waals surface area contributed by atoms with Crippen LogP contribution >= 0.6 is 0 Å². The molecule has 0 heterocycles. The number of anilines is 3. The number of carbonyl (C=O) groups excluding carboxylic acids is 1. The summed E-state index contributed by atoms with van der Waals surface area (Å²) in [6.07, 6.45) is 0. The highest BCUT2D eigenvalue weighted by Crippen LogP contribution is 2.27. The highest BCUT2D eigenvalue weighted by atomic mass is 16.1. The molecule has 0 aliphatic heterocycles. The van der Waals surface area contributed by atoms with E-state index in [9.17, 15) is 4.79 Å². The van der Waals surface area contributed by atoms with Crippen LogP contribution in [0.3, 0.4) is 0 Å². The number of amides is 1. The van der Waals surface area contributed by atoms with Crippen LogP contribution in [0.25, 0.3) is 0 Å². The number of nitrogen functional groups attached to an aromatic ring is 1. The van der Waals surface area contributed by atoms with Crippen molar-refractivity contribution in [3.05, 3.63) is 53.6 Å². The Kier molecular flexibility index (Phi) is 4.25. The minimum Gasteiger partial charge on any atom is -0.397 e. The first-order chi connectivity index (χ1) is 9.56. The average molecular weight is 269 g/mol. The number of nitrogens with two attached hydrogens (primary N) is 1. The number of benzene rings is 2. The number of aryl methyl sites for hydroxylation is 1. The second-order valence-electron chi connectivity index (χ2n) is 4.77. The van der Waals surface area contributed by atoms with E-state index in [4.69, 9.17) is 5.73 Å². The molecule has 2 aromatic rings. The molecular formula is C16H19N3O. The lowest BCUT2D eigenvalue weighted by molar-refractivity contribution is -0.114. The molecule has 4 heteroatoms. The van der Waals surface area contributed by atoms with Gasteiger partial charge in [0, 0.05) is 19.2 Å². The molecule has 1 amide bonds. The fraction of sp³-hybridized carbons (Fsp3) is 0.188. The fourth-order valence-electron chi connectivity index (χ4n) is 2.01. The maximum atomic E-state index is 11.2. The summed E-state index contributed by atoms with van der Waals surface area (Å²) in [5.74, 6) is -0.130. The van der Waals surface area contributed by atoms with Crippen molar-refractivity contribution >= 4 is 23.0 Å². The SMILES string of the molecule is CC(=O)Nc1cc(NCc2ccccc2)c(C)cc1N. The Balaban J connectivity index is 2.16. The van der Waals surface area contributed by atoms with Gasteiger partial charge in [-0.1, -0.05) is 30.3 Å². The molecule has 0 radical (unpaired) electrons. The standard InChI is InChI=1S/C16H19N3O/c1-11-8-14(17)16(19-12(2)20)9-15(11)18-10-13-6-4-3-5-7-13/h3-9,18H,10,17H2,1-2H3,(H,19,20). The Bertz CT molecular complexity index is 609. The molecular weight excluding hydrogens is 250 g/mol. The molecule has 4 nitrogen and oxygen atoms in total. The van der Waals surface area contributed by atoms with Gasteiger partial charge in [-0.2, -0.15) is 0 Å². The molecule has 2 rings (SSSR count). The zero-order valence-corrected chi connectivity index (χ0v) is 11.7. The van der Waals surface area contributed by atoms with E-state index in [1.165, 1.54) is 12.5 Å². The van der Waals surface area contributed by atoms with E-state index >= 15 is 0 Å². The van der Waals surface area contributed by atoms with E-state index in [0.29, 0.717) is 11.4 Å². The third-order valence-corrected chi connectivity index (χ3v) is 3.03. The monoisotopic (exact) mass is 269 g/mol. The third kappa shape index (κ3) is 3.51. The predicted octanol–water partition coefficient (Wildman–Crippen LogP) is 3.15. The summed E-state index contributed by atoms with van der Waals surface area (Å²) < 4.78 is 0. The minimum atomic E-state index is -0.130. The topological polar surface area (TPSA) is 67.2 Å². The van der Waals surface area contributed by atoms with Crippen LogP contribution in [0.4, 0.5) is 17.1 Å². The Hall–Kier alpha value is -2.49. The van der Waals surface area contributed by atoms with Gasteiger partial charge < -0.3 is 16.4 Å². The number of carbonyl (C=O) groups is 1. The van der Waals surface area contributed by atoms with Crippen LogP contribution in [0.5, 0.6) is 0 Å². The largest absolute Gasteiger partial charge is 0.397 e. The van der Waals surface area contributed by atoms with Crippen molar-refractivity contribution in [2.75, 3.05) is 16.4 Å². The molecule has 0 bridgehead atoms. The quantitative estimate of drug-likeness (QED) is 0.747. The minimum absolute atomic E-state index is 0.130. The van der Waals surface area contributed by atoms with Crippen molar-refractivity contribution < 1.29 is 4.79 Å². The van der Waals surface area contributed by atoms with Crippen molar-refractivity contribution in [2.45, 2.75) is 20.4 Å². The van der Waals surface area contributed by atoms with Crippen LogP contribution in [-0.2, 0) is 11.3 Å². The molecule has 0 saturated heterocycles. The maximum absolute atomic E-state index is 11.2. The van der Waals surface area contributed by atoms with Crippen molar-refractivity contribution in [1.29, 1.82) is 0 Å². The van der Waals surface area contributed by atoms with Crippen LogP contribution in [0, 0.1) is 6.92 Å². The molecule has 0 aliphatic rings. The van der Waals surface area contributed by atoms with Gasteiger partial charge >= 0.3 is 0 Å². The van der Waals surface area contributed by atoms with Gasteiger partial charge in [-0.05, 0) is 30.2 Å². The zero-order chi connectivity index (χ0) is 14.5. The lowest BCUT2D eigenvalue weighted by atomic mass is 10.1. The van der Waals surface area contributed by atoms with Crippen molar-refractivity contribution in [2.24, 2.45) is 0 Å². The summed E-state index contributed by atoms with van der Waals surface area (Å²) in [6, 6.07) is 13.9. The summed E-state index contributed by atoms with van der Waals surface area (Å²) in [7, 11) is 0. The summed E-state index contributed by atoms with van der Waals surface area (Å²) >= 11 is 0. The molecule has 0 aliphatic carbocycles. The Morgan fingerprint density at radius 1 is 1.15 bits per heavy atom. The number of hydrogen-bond acceptors (Lipinski definition) is 3. The summed E-state index contributed by atoms with van der Waals surface area (Å²) in [5.41, 5.74) is 10.3. The first-order valence-corrected chi connectivity index (χ1v) is 6.52. The second kappa shape index (κ2) is 6.10. The number of hydrogen-bond donors (Lipinski definition) is 3. The van der Waals surface area contributed by atoms with E-state index < -0.39 is 0 Å². The number of nitrogens with one attached hydrogen (secondary N) is 2. The number of rotatable bonds is 4. The highest BCUT2D eigenvalue weighted by molar-refractivity contribution is 5.93. The summed E-state index contributed by atoms with van der Waals surface area (Å²) in [5, 5.41) is 6.10. The van der Waals surface area contributed by atoms with Crippen LogP contribution in [-0.4, -0.2) is 5.91 Å². The molecule has 0 atom stereocenters. The third-order valence-electron chi connectivity index (χ3n) is 3.03. The van der Waals surface area contributed by atoms with E-state index in [0.717, 1.165) is 17.8 Å². The van der Waals surface area contributed by atoms with Crippen molar-refractivity contribution in [3.63, 3.8) is 0 Å². The van der Waals surface area contributed by atoms with Crippen LogP contribution in [0.1, 0.15) is 18.1 Å². The Morgan fingerprint density at radius 3 is 2.50 bits per heavy atom. The smallest absolute Gasteiger partial charge is 0.221 e. The van der Waals surface area contributed by atoms with Gasteiger partial charge in [-0.25, -0.2) is 0 Å². The van der Waals surface area contributed by atoms with Gasteiger partial charge in [-0.3, -0.25) is 4.79 Å². The average Bonchev–Trinajstić information content (AvgIpc) is 2.41. The van der Waals surface area contributed by atoms with Gasteiger partial charge in [0.05, 0.1) is 11.4 Å². The summed E-state index contributed by atoms with van der Waals surface area (Å²) in [4.78, 5) is 11.2. The molecule has 0 aromatic heterocycles. The van der Waals surface area contributed by atoms with Gasteiger partial charge in [-0.15, -0.1) is 0 Å². The lowest BCUT2D eigenvalue weighted by Gasteiger charge is -2.14. The Labute approximate surface area is 119 Å². The van der Waals surface area contributed by atoms with Crippen molar-refractivity contribution in [3.8, 4) is 0 Å². The van der Waals surface area contributed by atoms with Gasteiger partial charge in [0.1, 0.15) is 0 Å². The van der Waals surface area contributed by atoms with Crippen molar-refractivity contribution in [1.82, 2.24) is 0 Å². The second-order valence-corrected chi connectivity index (χ2v) is 4.77. The predicted molar refractivity (Wildman–Crippen MR) is 83.7 cm³/mol. The molecule has 104 valence electrons. The lowest BCUT2D eigenvalue weighted by Crippen LogP contribution is -2.09. The van der Waals surface area contributed by atoms with Gasteiger partial charge in [0.2, 0.25) is 5.91 Å². The normalized spacial score (nSPS) is 10.1. The van der Waals surface area contributed by atoms with E-state index in [-0.39, 0.29) is 5.91 Å². The highest BCUT2D eigenvalue weighted by Gasteiger charge is 2.06. The van der Waals surface area contributed by atoms with E-state index in [1.54, 1.807) is 0 Å². The molecule has 0 spiro atoms. The molecule has 2 aromatic carbocycles. The van der Waals surface area contributed by atoms with E-state index in [1.807, 2.05) is 37.3 Å². The first-order valence-electron chi connectivity index (χ1n) is 6.52. The molecule has 20 heavy (non-hydrogen) atoms. The van der Waals surface area contributed by atoms with Crippen LogP contribution in [0.2, 0.25) is 0 Å². The van der Waals surface area contributed by atoms with Crippen LogP contribution in [0.15, 0.2) is 42.5 Å².